The zero-order valence-corrected chi connectivity index (χ0v) is 23.4. The molecule has 3 aromatic carbocycles. The predicted octanol–water partition coefficient (Wildman–Crippen LogP) is 4.24. The minimum absolute atomic E-state index is 0.103. The molecule has 0 aliphatic rings. The molecule has 1 atom stereocenters. The van der Waals surface area contributed by atoms with Gasteiger partial charge in [0, 0.05) is 33.0 Å². The summed E-state index contributed by atoms with van der Waals surface area (Å²) < 4.78 is 26.4. The number of rotatable bonds is 12. The SMILES string of the molecule is CNC(=O)[C@H](Cc1ccccc1)N(Cc1ccccc1C)C(=O)CCCN(c1ccc(C)cc1)S(C)(=O)=O. The van der Waals surface area contributed by atoms with Crippen molar-refractivity contribution in [1.29, 1.82) is 0 Å². The summed E-state index contributed by atoms with van der Waals surface area (Å²) in [4.78, 5) is 28.4. The minimum atomic E-state index is -3.53. The third-order valence-corrected chi connectivity index (χ3v) is 7.79. The number of nitrogens with one attached hydrogen (secondary N) is 1. The quantitative estimate of drug-likeness (QED) is 0.376. The topological polar surface area (TPSA) is 86.8 Å². The number of carbonyl (C=O) groups is 2. The Hall–Kier alpha value is -3.65. The highest BCUT2D eigenvalue weighted by atomic mass is 32.2. The summed E-state index contributed by atoms with van der Waals surface area (Å²) in [6.07, 6.45) is 1.96. The second-order valence-corrected chi connectivity index (χ2v) is 11.4. The maximum atomic E-state index is 13.7. The third kappa shape index (κ3) is 7.92. The summed E-state index contributed by atoms with van der Waals surface area (Å²) in [6.45, 7) is 4.36. The van der Waals surface area contributed by atoms with Crippen molar-refractivity contribution in [2.45, 2.75) is 45.7 Å². The number of sulfonamides is 1. The number of anilines is 1. The van der Waals surface area contributed by atoms with Crippen LogP contribution in [-0.4, -0.2) is 51.0 Å². The van der Waals surface area contributed by atoms with Crippen molar-refractivity contribution in [1.82, 2.24) is 10.2 Å². The summed E-state index contributed by atoms with van der Waals surface area (Å²) in [6, 6.07) is 24.0. The van der Waals surface area contributed by atoms with E-state index in [9.17, 15) is 18.0 Å². The minimum Gasteiger partial charge on any atom is -0.357 e. The highest BCUT2D eigenvalue weighted by molar-refractivity contribution is 7.92. The van der Waals surface area contributed by atoms with E-state index >= 15 is 0 Å². The highest BCUT2D eigenvalue weighted by Gasteiger charge is 2.30. The Labute approximate surface area is 226 Å². The van der Waals surface area contributed by atoms with E-state index < -0.39 is 16.1 Å². The van der Waals surface area contributed by atoms with Gasteiger partial charge in [0.2, 0.25) is 21.8 Å². The van der Waals surface area contributed by atoms with E-state index in [0.717, 1.165) is 22.3 Å². The van der Waals surface area contributed by atoms with E-state index in [1.807, 2.05) is 80.6 Å². The molecular weight excluding hydrogens is 498 g/mol. The molecule has 0 spiro atoms. The first-order valence-corrected chi connectivity index (χ1v) is 14.6. The summed E-state index contributed by atoms with van der Waals surface area (Å²) >= 11 is 0. The molecular formula is C30H37N3O4S. The van der Waals surface area contributed by atoms with Crippen LogP contribution in [0.15, 0.2) is 78.9 Å². The van der Waals surface area contributed by atoms with Gasteiger partial charge in [0.05, 0.1) is 11.9 Å². The van der Waals surface area contributed by atoms with Crippen molar-refractivity contribution < 1.29 is 18.0 Å². The van der Waals surface area contributed by atoms with Crippen LogP contribution in [0.5, 0.6) is 0 Å². The van der Waals surface area contributed by atoms with Crippen LogP contribution in [0.2, 0.25) is 0 Å². The number of likely N-dealkylation sites (N-methyl/N-ethyl adjacent to an activating group) is 1. The molecule has 0 fully saturated rings. The lowest BCUT2D eigenvalue weighted by molar-refractivity contribution is -0.141. The molecule has 0 heterocycles. The second kappa shape index (κ2) is 13.2. The van der Waals surface area contributed by atoms with Gasteiger partial charge in [0.25, 0.3) is 0 Å². The maximum absolute atomic E-state index is 13.7. The molecule has 202 valence electrons. The molecule has 0 unspecified atom stereocenters. The average molecular weight is 536 g/mol. The van der Waals surface area contributed by atoms with Crippen molar-refractivity contribution in [2.24, 2.45) is 0 Å². The van der Waals surface area contributed by atoms with E-state index in [0.29, 0.717) is 18.5 Å². The molecule has 8 heteroatoms. The number of aryl methyl sites for hydroxylation is 2. The summed E-state index contributed by atoms with van der Waals surface area (Å²) in [7, 11) is -1.96. The zero-order chi connectivity index (χ0) is 27.7. The first-order valence-electron chi connectivity index (χ1n) is 12.7. The molecule has 0 aliphatic carbocycles. The molecule has 2 amide bonds. The molecule has 7 nitrogen and oxygen atoms in total. The van der Waals surface area contributed by atoms with E-state index in [2.05, 4.69) is 5.32 Å². The fraction of sp³-hybridized carbons (Fsp3) is 0.333. The van der Waals surface area contributed by atoms with E-state index in [4.69, 9.17) is 0 Å². The predicted molar refractivity (Wildman–Crippen MR) is 152 cm³/mol. The number of hydrogen-bond acceptors (Lipinski definition) is 4. The van der Waals surface area contributed by atoms with Gasteiger partial charge in [-0.3, -0.25) is 13.9 Å². The summed E-state index contributed by atoms with van der Waals surface area (Å²) in [5, 5.41) is 2.72. The van der Waals surface area contributed by atoms with Crippen molar-refractivity contribution >= 4 is 27.5 Å². The summed E-state index contributed by atoms with van der Waals surface area (Å²) in [5.41, 5.74) is 4.53. The van der Waals surface area contributed by atoms with E-state index in [-0.39, 0.29) is 31.3 Å². The average Bonchev–Trinajstić information content (AvgIpc) is 2.89. The van der Waals surface area contributed by atoms with Crippen LogP contribution < -0.4 is 9.62 Å². The fourth-order valence-electron chi connectivity index (χ4n) is 4.41. The largest absolute Gasteiger partial charge is 0.357 e. The van der Waals surface area contributed by atoms with Crippen LogP contribution in [0.1, 0.15) is 35.1 Å². The van der Waals surface area contributed by atoms with Gasteiger partial charge in [-0.2, -0.15) is 0 Å². The molecule has 0 aromatic heterocycles. The number of benzene rings is 3. The lowest BCUT2D eigenvalue weighted by Gasteiger charge is -2.32. The van der Waals surface area contributed by atoms with Crippen molar-refractivity contribution in [2.75, 3.05) is 24.2 Å². The van der Waals surface area contributed by atoms with Crippen molar-refractivity contribution in [3.63, 3.8) is 0 Å². The van der Waals surface area contributed by atoms with Crippen LogP contribution in [0.3, 0.4) is 0 Å². The molecule has 0 bridgehead atoms. The van der Waals surface area contributed by atoms with Gasteiger partial charge in [-0.05, 0) is 49.1 Å². The Balaban J connectivity index is 1.84. The smallest absolute Gasteiger partial charge is 0.242 e. The first-order chi connectivity index (χ1) is 18.1. The van der Waals surface area contributed by atoms with Crippen molar-refractivity contribution in [3.8, 4) is 0 Å². The van der Waals surface area contributed by atoms with Crippen molar-refractivity contribution in [3.05, 3.63) is 101 Å². The zero-order valence-electron chi connectivity index (χ0n) is 22.6. The molecule has 0 aliphatic heterocycles. The Morgan fingerprint density at radius 2 is 1.53 bits per heavy atom. The van der Waals surface area contributed by atoms with Crippen LogP contribution in [0, 0.1) is 13.8 Å². The van der Waals surface area contributed by atoms with Gasteiger partial charge in [0.1, 0.15) is 6.04 Å². The van der Waals surface area contributed by atoms with Gasteiger partial charge in [-0.1, -0.05) is 72.3 Å². The normalized spacial score (nSPS) is 12.0. The Kier molecular flexibility index (Phi) is 10.1. The number of carbonyl (C=O) groups excluding carboxylic acids is 2. The first kappa shape index (κ1) is 28.9. The molecule has 0 radical (unpaired) electrons. The fourth-order valence-corrected chi connectivity index (χ4v) is 5.37. The molecule has 1 N–H and O–H groups in total. The molecule has 3 rings (SSSR count). The van der Waals surface area contributed by atoms with Crippen LogP contribution in [-0.2, 0) is 32.6 Å². The van der Waals surface area contributed by atoms with Gasteiger partial charge < -0.3 is 10.2 Å². The third-order valence-electron chi connectivity index (χ3n) is 6.59. The monoisotopic (exact) mass is 535 g/mol. The summed E-state index contributed by atoms with van der Waals surface area (Å²) in [5.74, 6) is -0.441. The lowest BCUT2D eigenvalue weighted by atomic mass is 10.0. The van der Waals surface area contributed by atoms with Gasteiger partial charge in [-0.25, -0.2) is 8.42 Å². The second-order valence-electron chi connectivity index (χ2n) is 9.54. The van der Waals surface area contributed by atoms with Crippen LogP contribution >= 0.6 is 0 Å². The standard InChI is InChI=1S/C30H37N3O4S/c1-23-16-18-27(19-17-23)33(38(4,36)37)20-10-15-29(34)32(22-26-14-9-8-11-24(26)2)28(30(35)31-3)21-25-12-6-5-7-13-25/h5-9,11-14,16-19,28H,10,15,20-22H2,1-4H3,(H,31,35)/t28-/m0/s1. The lowest BCUT2D eigenvalue weighted by Crippen LogP contribution is -2.50. The van der Waals surface area contributed by atoms with E-state index in [1.165, 1.54) is 10.6 Å². The molecule has 3 aromatic rings. The highest BCUT2D eigenvalue weighted by Crippen LogP contribution is 2.21. The number of nitrogens with zero attached hydrogens (tertiary/aromatic N) is 2. The van der Waals surface area contributed by atoms with Crippen LogP contribution in [0.25, 0.3) is 0 Å². The van der Waals surface area contributed by atoms with E-state index in [1.54, 1.807) is 24.1 Å². The van der Waals surface area contributed by atoms with Gasteiger partial charge >= 0.3 is 0 Å². The maximum Gasteiger partial charge on any atom is 0.242 e. The number of hydrogen-bond donors (Lipinski definition) is 1. The van der Waals surface area contributed by atoms with Gasteiger partial charge in [-0.15, -0.1) is 0 Å². The number of amides is 2. The Bertz CT molecular complexity index is 1330. The Morgan fingerprint density at radius 3 is 2.13 bits per heavy atom. The van der Waals surface area contributed by atoms with Crippen LogP contribution in [0.4, 0.5) is 5.69 Å². The Morgan fingerprint density at radius 1 is 0.895 bits per heavy atom. The van der Waals surface area contributed by atoms with Gasteiger partial charge in [0.15, 0.2) is 0 Å². The molecule has 38 heavy (non-hydrogen) atoms. The molecule has 0 saturated heterocycles. The molecule has 0 saturated carbocycles.